The van der Waals surface area contributed by atoms with E-state index in [2.05, 4.69) is 15.4 Å². The molecule has 14 heavy (non-hydrogen) atoms. The molecule has 1 aromatic heterocycles. The highest BCUT2D eigenvalue weighted by Gasteiger charge is 1.91. The van der Waals surface area contributed by atoms with Crippen LogP contribution in [0.15, 0.2) is 57.7 Å². The molecule has 0 spiro atoms. The highest BCUT2D eigenvalue weighted by atomic mass is 16.1. The lowest BCUT2D eigenvalue weighted by atomic mass is 10.3. The smallest absolute Gasteiger partial charge is 0.281 e. The molecule has 0 aliphatic carbocycles. The maximum Gasteiger partial charge on any atom is 0.289 e. The second-order valence-electron chi connectivity index (χ2n) is 2.64. The number of rotatable bonds is 2. The Balaban J connectivity index is 2.24. The second-order valence-corrected chi connectivity index (χ2v) is 2.64. The molecule has 0 amide bonds. The maximum absolute atomic E-state index is 11.0. The van der Waals surface area contributed by atoms with Crippen molar-refractivity contribution < 1.29 is 0 Å². The van der Waals surface area contributed by atoms with Crippen molar-refractivity contribution in [2.45, 2.75) is 0 Å². The third kappa shape index (κ3) is 1.77. The van der Waals surface area contributed by atoms with Gasteiger partial charge in [-0.25, -0.2) is 0 Å². The summed E-state index contributed by atoms with van der Waals surface area (Å²) in [6.07, 6.45) is 1.51. The number of H-pyrrole nitrogens is 1. The Kier molecular flexibility index (Phi) is 2.22. The van der Waals surface area contributed by atoms with Crippen LogP contribution in [0.1, 0.15) is 0 Å². The SMILES string of the molecule is O=c1cc[nH]n1N=Nc1ccccc1. The molecule has 0 aliphatic heterocycles. The third-order valence-electron chi connectivity index (χ3n) is 1.64. The Hall–Kier alpha value is -2.17. The predicted molar refractivity (Wildman–Crippen MR) is 51.4 cm³/mol. The Morgan fingerprint density at radius 1 is 1.14 bits per heavy atom. The summed E-state index contributed by atoms with van der Waals surface area (Å²) in [5, 5.41) is 10.2. The number of hydrogen-bond donors (Lipinski definition) is 1. The molecule has 0 atom stereocenters. The Bertz CT molecular complexity index is 483. The van der Waals surface area contributed by atoms with Crippen LogP contribution < -0.4 is 5.56 Å². The average Bonchev–Trinajstić information content (AvgIpc) is 2.63. The zero-order chi connectivity index (χ0) is 9.80. The number of benzene rings is 1. The van der Waals surface area contributed by atoms with Gasteiger partial charge in [-0.2, -0.15) is 0 Å². The molecule has 70 valence electrons. The fourth-order valence-electron chi connectivity index (χ4n) is 0.974. The van der Waals surface area contributed by atoms with Crippen LogP contribution in [0.25, 0.3) is 0 Å². The Morgan fingerprint density at radius 2 is 1.93 bits per heavy atom. The van der Waals surface area contributed by atoms with Gasteiger partial charge in [0.15, 0.2) is 0 Å². The van der Waals surface area contributed by atoms with Crippen LogP contribution in [0.5, 0.6) is 0 Å². The first-order valence-electron chi connectivity index (χ1n) is 4.10. The summed E-state index contributed by atoms with van der Waals surface area (Å²) >= 11 is 0. The summed E-state index contributed by atoms with van der Waals surface area (Å²) in [6.45, 7) is 0. The lowest BCUT2D eigenvalue weighted by molar-refractivity contribution is 0.669. The van der Waals surface area contributed by atoms with Crippen molar-refractivity contribution in [3.05, 3.63) is 52.9 Å². The van der Waals surface area contributed by atoms with Crippen molar-refractivity contribution in [2.75, 3.05) is 0 Å². The first-order chi connectivity index (χ1) is 6.86. The minimum absolute atomic E-state index is 0.232. The van der Waals surface area contributed by atoms with E-state index >= 15 is 0 Å². The van der Waals surface area contributed by atoms with Crippen molar-refractivity contribution in [1.82, 2.24) is 9.89 Å². The molecule has 0 unspecified atom stereocenters. The van der Waals surface area contributed by atoms with Crippen LogP contribution in [-0.4, -0.2) is 9.89 Å². The molecular formula is C9H8N4O. The molecule has 0 fully saturated rings. The van der Waals surface area contributed by atoms with Crippen molar-refractivity contribution in [3.63, 3.8) is 0 Å². The fraction of sp³-hybridized carbons (Fsp3) is 0. The summed E-state index contributed by atoms with van der Waals surface area (Å²) in [7, 11) is 0. The van der Waals surface area contributed by atoms with Gasteiger partial charge in [-0.15, -0.1) is 9.91 Å². The molecule has 1 N–H and O–H groups in total. The average molecular weight is 188 g/mol. The Labute approximate surface area is 79.7 Å². The normalized spacial score (nSPS) is 10.9. The molecule has 0 saturated carbocycles. The van der Waals surface area contributed by atoms with Gasteiger partial charge in [-0.3, -0.25) is 9.89 Å². The summed E-state index contributed by atoms with van der Waals surface area (Å²) < 4.78 is 0. The lowest BCUT2D eigenvalue weighted by Crippen LogP contribution is -2.09. The van der Waals surface area contributed by atoms with Crippen LogP contribution >= 0.6 is 0 Å². The summed E-state index contributed by atoms with van der Waals surface area (Å²) in [4.78, 5) is 12.1. The van der Waals surface area contributed by atoms with Crippen molar-refractivity contribution >= 4 is 5.69 Å². The largest absolute Gasteiger partial charge is 0.289 e. The van der Waals surface area contributed by atoms with Gasteiger partial charge in [-0.05, 0) is 17.4 Å². The number of aromatic nitrogens is 2. The molecule has 5 heteroatoms. The molecule has 0 bridgehead atoms. The van der Waals surface area contributed by atoms with Gasteiger partial charge in [0.1, 0.15) is 0 Å². The van der Waals surface area contributed by atoms with E-state index in [0.29, 0.717) is 5.69 Å². The molecule has 1 heterocycles. The lowest BCUT2D eigenvalue weighted by Gasteiger charge is -1.90. The van der Waals surface area contributed by atoms with Crippen molar-refractivity contribution in [3.8, 4) is 0 Å². The topological polar surface area (TPSA) is 62.5 Å². The molecule has 5 nitrogen and oxygen atoms in total. The first kappa shape index (κ1) is 8.43. The van der Waals surface area contributed by atoms with Gasteiger partial charge in [0.05, 0.1) is 5.69 Å². The molecule has 2 rings (SSSR count). The van der Waals surface area contributed by atoms with Gasteiger partial charge >= 0.3 is 0 Å². The van der Waals surface area contributed by atoms with Crippen LogP contribution in [0.3, 0.4) is 0 Å². The van der Waals surface area contributed by atoms with Crippen LogP contribution in [0.2, 0.25) is 0 Å². The van der Waals surface area contributed by atoms with E-state index in [0.717, 1.165) is 4.79 Å². The van der Waals surface area contributed by atoms with Crippen LogP contribution in [0, 0.1) is 0 Å². The summed E-state index contributed by atoms with van der Waals surface area (Å²) in [5.74, 6) is 0. The van der Waals surface area contributed by atoms with Crippen LogP contribution in [-0.2, 0) is 0 Å². The number of aromatic amines is 1. The van der Waals surface area contributed by atoms with E-state index in [9.17, 15) is 4.79 Å². The van der Waals surface area contributed by atoms with E-state index in [-0.39, 0.29) is 5.56 Å². The minimum Gasteiger partial charge on any atom is -0.281 e. The van der Waals surface area contributed by atoms with Gasteiger partial charge in [0.25, 0.3) is 5.56 Å². The van der Waals surface area contributed by atoms with E-state index in [1.54, 1.807) is 12.1 Å². The highest BCUT2D eigenvalue weighted by Crippen LogP contribution is 2.09. The van der Waals surface area contributed by atoms with Crippen molar-refractivity contribution in [2.24, 2.45) is 10.3 Å². The quantitative estimate of drug-likeness (QED) is 0.716. The zero-order valence-corrected chi connectivity index (χ0v) is 7.29. The molecule has 0 saturated heterocycles. The van der Waals surface area contributed by atoms with Crippen molar-refractivity contribution in [1.29, 1.82) is 0 Å². The summed E-state index contributed by atoms with van der Waals surface area (Å²) in [6, 6.07) is 10.6. The fourth-order valence-corrected chi connectivity index (χ4v) is 0.974. The molecule has 0 radical (unpaired) electrons. The summed E-state index contributed by atoms with van der Waals surface area (Å²) in [5.41, 5.74) is 0.471. The van der Waals surface area contributed by atoms with Gasteiger partial charge in [-0.1, -0.05) is 18.2 Å². The number of nitrogens with zero attached hydrogens (tertiary/aromatic N) is 3. The minimum atomic E-state index is -0.232. The van der Waals surface area contributed by atoms with E-state index in [1.165, 1.54) is 12.3 Å². The van der Waals surface area contributed by atoms with Crippen LogP contribution in [0.4, 0.5) is 5.69 Å². The van der Waals surface area contributed by atoms with E-state index in [1.807, 2.05) is 18.2 Å². The molecule has 0 aliphatic rings. The predicted octanol–water partition coefficient (Wildman–Crippen LogP) is 1.72. The van der Waals surface area contributed by atoms with Gasteiger partial charge in [0, 0.05) is 12.3 Å². The number of nitrogens with one attached hydrogen (secondary N) is 1. The van der Waals surface area contributed by atoms with E-state index < -0.39 is 0 Å². The first-order valence-corrected chi connectivity index (χ1v) is 4.10. The molecule has 1 aromatic carbocycles. The standard InChI is InChI=1S/C9H8N4O/c14-9-6-7-10-13(9)12-11-8-4-2-1-3-5-8/h1-7,10H. The number of hydrogen-bond acceptors (Lipinski definition) is 3. The Morgan fingerprint density at radius 3 is 2.57 bits per heavy atom. The third-order valence-corrected chi connectivity index (χ3v) is 1.64. The zero-order valence-electron chi connectivity index (χ0n) is 7.29. The highest BCUT2D eigenvalue weighted by molar-refractivity contribution is 5.34. The van der Waals surface area contributed by atoms with E-state index in [4.69, 9.17) is 0 Å². The molecular weight excluding hydrogens is 180 g/mol. The van der Waals surface area contributed by atoms with Gasteiger partial charge < -0.3 is 0 Å². The maximum atomic E-state index is 11.0. The molecule has 2 aromatic rings. The monoisotopic (exact) mass is 188 g/mol. The second kappa shape index (κ2) is 3.69. The van der Waals surface area contributed by atoms with Gasteiger partial charge in [0.2, 0.25) is 0 Å².